The lowest BCUT2D eigenvalue weighted by Crippen LogP contribution is -2.14. The molecule has 2 aromatic heterocycles. The molecule has 0 saturated heterocycles. The second kappa shape index (κ2) is 21.7. The van der Waals surface area contributed by atoms with Gasteiger partial charge in [-0.1, -0.05) is 38.1 Å². The van der Waals surface area contributed by atoms with Gasteiger partial charge in [0.1, 0.15) is 35.2 Å². The van der Waals surface area contributed by atoms with E-state index in [1.54, 1.807) is 103 Å². The maximum atomic E-state index is 12.8. The fourth-order valence-corrected chi connectivity index (χ4v) is 7.76. The molecule has 0 bridgehead atoms. The lowest BCUT2D eigenvalue weighted by Gasteiger charge is -2.14. The molecule has 3 N–H and O–H groups in total. The van der Waals surface area contributed by atoms with Crippen LogP contribution in [0.15, 0.2) is 122 Å². The number of carbonyl (C=O) groups excluding carboxylic acids is 2. The number of hydrogen-bond acceptors (Lipinski definition) is 10. The molecule has 71 heavy (non-hydrogen) atoms. The van der Waals surface area contributed by atoms with Crippen LogP contribution in [0, 0.1) is 13.8 Å². The Hall–Kier alpha value is -8.02. The summed E-state index contributed by atoms with van der Waals surface area (Å²) < 4.78 is 97.4. The van der Waals surface area contributed by atoms with Crippen LogP contribution in [0.1, 0.15) is 71.4 Å². The molecule has 2 heterocycles. The average Bonchev–Trinajstić information content (AvgIpc) is 3.96. The fourth-order valence-electron chi connectivity index (χ4n) is 7.76. The number of alkyl halides is 6. The molecule has 370 valence electrons. The van der Waals surface area contributed by atoms with Crippen molar-refractivity contribution in [3.8, 4) is 45.9 Å². The number of para-hydroxylation sites is 4. The highest BCUT2D eigenvalue weighted by Gasteiger charge is 2.28. The van der Waals surface area contributed by atoms with E-state index in [-0.39, 0.29) is 36.2 Å². The zero-order valence-corrected chi connectivity index (χ0v) is 39.3. The number of carbonyl (C=O) groups is 2. The SMILES string of the molecule is CCC(=O)c1ccc(-n2cnc3c(NCCC(F)(F)F)cc(Oc4ccccc4O)cc32)cc1C.CCC(=O)c1ccc(-n2cnc3c(NCCC(F)(F)F)cc(Oc4ccccc4OC)cc32)cc1C. The van der Waals surface area contributed by atoms with Crippen LogP contribution in [-0.2, 0) is 0 Å². The number of imidazole rings is 2. The van der Waals surface area contributed by atoms with Gasteiger partial charge in [0.25, 0.3) is 0 Å². The minimum absolute atomic E-state index is 0.0408. The van der Waals surface area contributed by atoms with E-state index in [0.29, 0.717) is 80.4 Å². The molecule has 12 nitrogen and oxygen atoms in total. The Labute approximate surface area is 404 Å². The maximum absolute atomic E-state index is 12.8. The van der Waals surface area contributed by atoms with Crippen molar-refractivity contribution < 1.29 is 55.2 Å². The minimum Gasteiger partial charge on any atom is -0.504 e. The highest BCUT2D eigenvalue weighted by atomic mass is 19.4. The summed E-state index contributed by atoms with van der Waals surface area (Å²) in [5.74, 6) is 1.92. The van der Waals surface area contributed by atoms with Crippen LogP contribution < -0.4 is 24.8 Å². The number of fused-ring (bicyclic) bond motifs is 2. The first kappa shape index (κ1) is 50.8. The number of hydrogen-bond donors (Lipinski definition) is 3. The lowest BCUT2D eigenvalue weighted by molar-refractivity contribution is -0.132. The molecule has 0 aliphatic carbocycles. The first-order chi connectivity index (χ1) is 33.9. The van der Waals surface area contributed by atoms with Crippen molar-refractivity contribution in [2.45, 2.75) is 65.7 Å². The number of methoxy groups -OCH3 is 1. The van der Waals surface area contributed by atoms with E-state index in [1.165, 1.54) is 13.2 Å². The first-order valence-electron chi connectivity index (χ1n) is 22.5. The van der Waals surface area contributed by atoms with Crippen LogP contribution in [0.5, 0.6) is 34.5 Å². The second-order valence-electron chi connectivity index (χ2n) is 16.4. The smallest absolute Gasteiger partial charge is 0.390 e. The summed E-state index contributed by atoms with van der Waals surface area (Å²) in [6, 6.07) is 31.0. The van der Waals surface area contributed by atoms with Crippen molar-refractivity contribution >= 4 is 45.0 Å². The van der Waals surface area contributed by atoms with Crippen LogP contribution >= 0.6 is 0 Å². The summed E-state index contributed by atoms with van der Waals surface area (Å²) in [7, 11) is 1.53. The molecule has 0 amide bonds. The van der Waals surface area contributed by atoms with Crippen LogP contribution in [0.4, 0.5) is 37.7 Å². The highest BCUT2D eigenvalue weighted by Crippen LogP contribution is 2.38. The highest BCUT2D eigenvalue weighted by molar-refractivity contribution is 5.98. The third-order valence-corrected chi connectivity index (χ3v) is 11.3. The largest absolute Gasteiger partial charge is 0.504 e. The Bertz CT molecular complexity index is 3200. The number of phenols is 1. The van der Waals surface area contributed by atoms with Crippen LogP contribution in [0.25, 0.3) is 33.4 Å². The number of ketones is 2. The van der Waals surface area contributed by atoms with Gasteiger partial charge in [-0.15, -0.1) is 0 Å². The standard InChI is InChI=1S/C27H26F3N3O3.C26H24F3N3O3/c1-4-23(34)20-10-9-18(13-17(20)2)33-16-32-26-21(31-12-11-27(28,29)30)14-19(15-22(26)33)36-25-8-6-5-7-24(25)35-3;1-3-22(33)19-9-8-17(12-16(19)2)32-15-31-25-20(30-11-10-26(27,28)29)13-18(14-21(25)32)35-24-7-5-4-6-23(24)34/h5-10,13-16,31H,4,11-12H2,1-3H3;4-9,12-15,30,34H,3,10-11H2,1-2H3. The van der Waals surface area contributed by atoms with Crippen molar-refractivity contribution in [2.75, 3.05) is 30.8 Å². The number of nitrogens with one attached hydrogen (secondary N) is 2. The summed E-state index contributed by atoms with van der Waals surface area (Å²) >= 11 is 0. The van der Waals surface area contributed by atoms with Gasteiger partial charge in [-0.25, -0.2) is 9.97 Å². The van der Waals surface area contributed by atoms with Gasteiger partial charge in [-0.3, -0.25) is 18.7 Å². The van der Waals surface area contributed by atoms with Gasteiger partial charge < -0.3 is 30.0 Å². The van der Waals surface area contributed by atoms with Crippen molar-refractivity contribution in [3.05, 3.63) is 144 Å². The summed E-state index contributed by atoms with van der Waals surface area (Å²) in [6.07, 6.45) is -6.61. The maximum Gasteiger partial charge on any atom is 0.390 e. The summed E-state index contributed by atoms with van der Waals surface area (Å²) in [5, 5.41) is 15.8. The van der Waals surface area contributed by atoms with E-state index in [2.05, 4.69) is 20.6 Å². The number of aromatic hydroxyl groups is 1. The molecule has 0 radical (unpaired) electrons. The van der Waals surface area contributed by atoms with Crippen LogP contribution in [-0.4, -0.2) is 68.3 Å². The summed E-state index contributed by atoms with van der Waals surface area (Å²) in [4.78, 5) is 33.3. The Morgan fingerprint density at radius 3 is 1.42 bits per heavy atom. The molecule has 0 saturated carbocycles. The Morgan fingerprint density at radius 1 is 0.592 bits per heavy atom. The monoisotopic (exact) mass is 980 g/mol. The number of halogens is 6. The van der Waals surface area contributed by atoms with Gasteiger partial charge in [-0.05, 0) is 85.6 Å². The van der Waals surface area contributed by atoms with Crippen molar-refractivity contribution in [1.82, 2.24) is 19.1 Å². The van der Waals surface area contributed by atoms with Gasteiger partial charge in [0.2, 0.25) is 0 Å². The summed E-state index contributed by atoms with van der Waals surface area (Å²) in [5.41, 5.74) is 7.37. The number of phenolic OH excluding ortho intramolecular Hbond substituents is 1. The Kier molecular flexibility index (Phi) is 15.6. The van der Waals surface area contributed by atoms with Crippen molar-refractivity contribution in [1.29, 1.82) is 0 Å². The van der Waals surface area contributed by atoms with E-state index >= 15 is 0 Å². The van der Waals surface area contributed by atoms with Crippen LogP contribution in [0.3, 0.4) is 0 Å². The normalized spacial score (nSPS) is 11.5. The number of Topliss-reactive ketones (excluding diaryl/α,β-unsaturated/α-hetero) is 2. The number of nitrogens with zero attached hydrogens (tertiary/aromatic N) is 4. The molecular formula is C53H50F6N6O6. The average molecular weight is 981 g/mol. The quantitative estimate of drug-likeness (QED) is 0.0596. The molecular weight excluding hydrogens is 931 g/mol. The van der Waals surface area contributed by atoms with E-state index in [0.717, 1.165) is 22.5 Å². The predicted octanol–water partition coefficient (Wildman–Crippen LogP) is 13.9. The molecule has 6 aromatic carbocycles. The number of anilines is 2. The van der Waals surface area contributed by atoms with E-state index in [4.69, 9.17) is 14.2 Å². The predicted molar refractivity (Wildman–Crippen MR) is 260 cm³/mol. The Balaban J connectivity index is 0.000000209. The molecule has 0 aliphatic heterocycles. The molecule has 0 atom stereocenters. The zero-order valence-electron chi connectivity index (χ0n) is 39.3. The van der Waals surface area contributed by atoms with Gasteiger partial charge in [0.05, 0.1) is 42.4 Å². The lowest BCUT2D eigenvalue weighted by atomic mass is 10.0. The van der Waals surface area contributed by atoms with Crippen LogP contribution in [0.2, 0.25) is 0 Å². The number of benzene rings is 6. The van der Waals surface area contributed by atoms with E-state index in [1.807, 2.05) is 49.6 Å². The molecule has 0 aliphatic rings. The van der Waals surface area contributed by atoms with Gasteiger partial charge in [-0.2, -0.15) is 26.3 Å². The fraction of sp³-hybridized carbons (Fsp3) is 0.245. The molecule has 8 rings (SSSR count). The van der Waals surface area contributed by atoms with Gasteiger partial charge in [0.15, 0.2) is 34.6 Å². The Morgan fingerprint density at radius 2 is 1.01 bits per heavy atom. The minimum atomic E-state index is -4.30. The number of aryl methyl sites for hydroxylation is 2. The summed E-state index contributed by atoms with van der Waals surface area (Å²) in [6.45, 7) is 6.69. The third-order valence-electron chi connectivity index (χ3n) is 11.3. The van der Waals surface area contributed by atoms with E-state index in [9.17, 15) is 41.0 Å². The zero-order chi connectivity index (χ0) is 51.0. The first-order valence-corrected chi connectivity index (χ1v) is 22.5. The van der Waals surface area contributed by atoms with Gasteiger partial charge >= 0.3 is 12.4 Å². The topological polar surface area (TPSA) is 142 Å². The molecule has 0 fully saturated rings. The molecule has 0 unspecified atom stereocenters. The molecule has 0 spiro atoms. The molecule has 8 aromatic rings. The van der Waals surface area contributed by atoms with Crippen molar-refractivity contribution in [3.63, 3.8) is 0 Å². The number of ether oxygens (including phenoxy) is 3. The third kappa shape index (κ3) is 12.4. The second-order valence-corrected chi connectivity index (χ2v) is 16.4. The number of aromatic nitrogens is 4. The number of rotatable bonds is 17. The van der Waals surface area contributed by atoms with Crippen molar-refractivity contribution in [2.24, 2.45) is 0 Å². The molecule has 18 heteroatoms. The van der Waals surface area contributed by atoms with E-state index < -0.39 is 25.2 Å². The van der Waals surface area contributed by atoms with Gasteiger partial charge in [0, 0.05) is 72.7 Å².